The first kappa shape index (κ1) is 14.8. The smallest absolute Gasteiger partial charge is 0.255 e. The first-order valence-electron chi connectivity index (χ1n) is 7.32. The van der Waals surface area contributed by atoms with Gasteiger partial charge in [-0.3, -0.25) is 4.79 Å². The van der Waals surface area contributed by atoms with Crippen LogP contribution in [0, 0.1) is 0 Å². The Morgan fingerprint density at radius 2 is 1.87 bits per heavy atom. The normalized spacial score (nSPS) is 10.3. The van der Waals surface area contributed by atoms with Gasteiger partial charge in [0.1, 0.15) is 0 Å². The van der Waals surface area contributed by atoms with Crippen molar-refractivity contribution >= 4 is 17.3 Å². The van der Waals surface area contributed by atoms with Gasteiger partial charge in [-0.2, -0.15) is 5.10 Å². The molecule has 3 aromatic rings. The largest absolute Gasteiger partial charge is 0.378 e. The fourth-order valence-corrected chi connectivity index (χ4v) is 2.26. The quantitative estimate of drug-likeness (QED) is 0.805. The Kier molecular flexibility index (Phi) is 4.10. The Hall–Kier alpha value is -3.08. The summed E-state index contributed by atoms with van der Waals surface area (Å²) in [6.07, 6.45) is 3.55. The van der Waals surface area contributed by atoms with Gasteiger partial charge in [-0.15, -0.1) is 0 Å². The predicted molar refractivity (Wildman–Crippen MR) is 92.3 cm³/mol. The lowest BCUT2D eigenvalue weighted by molar-refractivity contribution is 0.102. The number of carbonyl (C=O) groups is 1. The highest BCUT2D eigenvalue weighted by atomic mass is 16.1. The summed E-state index contributed by atoms with van der Waals surface area (Å²) >= 11 is 0. The van der Waals surface area contributed by atoms with Crippen molar-refractivity contribution in [1.29, 1.82) is 0 Å². The summed E-state index contributed by atoms with van der Waals surface area (Å²) in [6, 6.07) is 16.9. The zero-order valence-electron chi connectivity index (χ0n) is 13.1. The molecule has 5 nitrogen and oxygen atoms in total. The van der Waals surface area contributed by atoms with Crippen LogP contribution >= 0.6 is 0 Å². The van der Waals surface area contributed by atoms with Gasteiger partial charge >= 0.3 is 0 Å². The van der Waals surface area contributed by atoms with Crippen LogP contribution < -0.4 is 10.2 Å². The van der Waals surface area contributed by atoms with Crippen LogP contribution in [0.5, 0.6) is 0 Å². The monoisotopic (exact) mass is 306 g/mol. The van der Waals surface area contributed by atoms with E-state index >= 15 is 0 Å². The Labute approximate surface area is 135 Å². The number of aromatic nitrogens is 2. The molecule has 0 unspecified atom stereocenters. The summed E-state index contributed by atoms with van der Waals surface area (Å²) in [5.41, 5.74) is 3.30. The molecule has 0 aliphatic carbocycles. The second kappa shape index (κ2) is 6.36. The van der Waals surface area contributed by atoms with Crippen LogP contribution in [0.4, 0.5) is 11.4 Å². The Balaban J connectivity index is 1.77. The van der Waals surface area contributed by atoms with Crippen molar-refractivity contribution in [3.05, 3.63) is 72.6 Å². The van der Waals surface area contributed by atoms with Gasteiger partial charge in [0.2, 0.25) is 0 Å². The lowest BCUT2D eigenvalue weighted by atomic mass is 10.2. The van der Waals surface area contributed by atoms with E-state index in [9.17, 15) is 4.79 Å². The summed E-state index contributed by atoms with van der Waals surface area (Å²) in [7, 11) is 3.96. The second-order valence-electron chi connectivity index (χ2n) is 5.40. The fraction of sp³-hybridized carbons (Fsp3) is 0.111. The maximum Gasteiger partial charge on any atom is 0.255 e. The SMILES string of the molecule is CN(C)c1ccc(NC(=O)c2cccc(-n3cccn3)c2)cc1. The molecular weight excluding hydrogens is 288 g/mol. The van der Waals surface area contributed by atoms with Crippen LogP contribution in [0.1, 0.15) is 10.4 Å². The minimum absolute atomic E-state index is 0.142. The number of hydrogen-bond donors (Lipinski definition) is 1. The zero-order chi connectivity index (χ0) is 16.2. The number of amides is 1. The molecule has 0 saturated heterocycles. The fourth-order valence-electron chi connectivity index (χ4n) is 2.26. The van der Waals surface area contributed by atoms with Crippen LogP contribution in [0.15, 0.2) is 67.0 Å². The van der Waals surface area contributed by atoms with Gasteiger partial charge in [-0.05, 0) is 48.5 Å². The standard InChI is InChI=1S/C18H18N4O/c1-21(2)16-9-7-15(8-10-16)20-18(23)14-5-3-6-17(13-14)22-12-4-11-19-22/h3-13H,1-2H3,(H,20,23). The molecule has 23 heavy (non-hydrogen) atoms. The highest BCUT2D eigenvalue weighted by Gasteiger charge is 2.08. The van der Waals surface area contributed by atoms with E-state index in [-0.39, 0.29) is 5.91 Å². The summed E-state index contributed by atoms with van der Waals surface area (Å²) in [6.45, 7) is 0. The van der Waals surface area contributed by atoms with Crippen LogP contribution in [0.2, 0.25) is 0 Å². The number of anilines is 2. The van der Waals surface area contributed by atoms with E-state index in [2.05, 4.69) is 10.4 Å². The van der Waals surface area contributed by atoms with E-state index in [1.54, 1.807) is 16.9 Å². The lowest BCUT2D eigenvalue weighted by Crippen LogP contribution is -2.13. The molecule has 1 heterocycles. The van der Waals surface area contributed by atoms with Crippen molar-refractivity contribution < 1.29 is 4.79 Å². The van der Waals surface area contributed by atoms with Crippen molar-refractivity contribution in [2.24, 2.45) is 0 Å². The van der Waals surface area contributed by atoms with Crippen molar-refractivity contribution in [3.63, 3.8) is 0 Å². The molecule has 0 atom stereocenters. The third-order valence-electron chi connectivity index (χ3n) is 3.52. The number of nitrogens with zero attached hydrogens (tertiary/aromatic N) is 3. The summed E-state index contributed by atoms with van der Waals surface area (Å²) in [5.74, 6) is -0.142. The highest BCUT2D eigenvalue weighted by Crippen LogP contribution is 2.17. The van der Waals surface area contributed by atoms with E-state index in [4.69, 9.17) is 0 Å². The van der Waals surface area contributed by atoms with Crippen LogP contribution in [0.3, 0.4) is 0 Å². The summed E-state index contributed by atoms with van der Waals surface area (Å²) in [5, 5.41) is 7.09. The van der Waals surface area contributed by atoms with E-state index in [0.717, 1.165) is 17.1 Å². The first-order chi connectivity index (χ1) is 11.1. The van der Waals surface area contributed by atoms with Crippen molar-refractivity contribution in [2.45, 2.75) is 0 Å². The molecule has 0 saturated carbocycles. The van der Waals surface area contributed by atoms with Crippen molar-refractivity contribution in [3.8, 4) is 5.69 Å². The Morgan fingerprint density at radius 1 is 1.09 bits per heavy atom. The number of carbonyl (C=O) groups excluding carboxylic acids is 1. The Morgan fingerprint density at radius 3 is 2.52 bits per heavy atom. The molecule has 0 fully saturated rings. The second-order valence-corrected chi connectivity index (χ2v) is 5.40. The molecule has 5 heteroatoms. The van der Waals surface area contributed by atoms with Gasteiger partial charge in [-0.1, -0.05) is 6.07 Å². The highest BCUT2D eigenvalue weighted by molar-refractivity contribution is 6.04. The number of rotatable bonds is 4. The van der Waals surface area contributed by atoms with Crippen LogP contribution in [0.25, 0.3) is 5.69 Å². The maximum atomic E-state index is 12.4. The van der Waals surface area contributed by atoms with Crippen LogP contribution in [-0.4, -0.2) is 29.8 Å². The summed E-state index contributed by atoms with van der Waals surface area (Å²) in [4.78, 5) is 14.4. The molecule has 0 spiro atoms. The molecule has 1 aromatic heterocycles. The molecule has 0 aliphatic heterocycles. The molecular formula is C18H18N4O. The summed E-state index contributed by atoms with van der Waals surface area (Å²) < 4.78 is 1.72. The molecule has 2 aromatic carbocycles. The molecule has 0 radical (unpaired) electrons. The van der Waals surface area contributed by atoms with E-state index in [0.29, 0.717) is 5.56 Å². The predicted octanol–water partition coefficient (Wildman–Crippen LogP) is 3.19. The van der Waals surface area contributed by atoms with Gasteiger partial charge in [-0.25, -0.2) is 4.68 Å². The molecule has 1 amide bonds. The van der Waals surface area contributed by atoms with E-state index < -0.39 is 0 Å². The molecule has 116 valence electrons. The molecule has 3 rings (SSSR count). The first-order valence-corrected chi connectivity index (χ1v) is 7.32. The lowest BCUT2D eigenvalue weighted by Gasteiger charge is -2.13. The van der Waals surface area contributed by atoms with E-state index in [1.165, 1.54) is 0 Å². The molecule has 1 N–H and O–H groups in total. The zero-order valence-corrected chi connectivity index (χ0v) is 13.1. The van der Waals surface area contributed by atoms with Gasteiger partial charge in [0.15, 0.2) is 0 Å². The molecule has 0 bridgehead atoms. The topological polar surface area (TPSA) is 50.2 Å². The minimum Gasteiger partial charge on any atom is -0.378 e. The van der Waals surface area contributed by atoms with Crippen molar-refractivity contribution in [1.82, 2.24) is 9.78 Å². The van der Waals surface area contributed by atoms with Gasteiger partial charge in [0.05, 0.1) is 5.69 Å². The van der Waals surface area contributed by atoms with Crippen molar-refractivity contribution in [2.75, 3.05) is 24.3 Å². The third-order valence-corrected chi connectivity index (χ3v) is 3.52. The number of benzene rings is 2. The van der Waals surface area contributed by atoms with E-state index in [1.807, 2.05) is 73.7 Å². The average Bonchev–Trinajstić information content (AvgIpc) is 3.10. The van der Waals surface area contributed by atoms with Gasteiger partial charge in [0, 0.05) is 43.4 Å². The third kappa shape index (κ3) is 3.40. The average molecular weight is 306 g/mol. The van der Waals surface area contributed by atoms with Crippen LogP contribution in [-0.2, 0) is 0 Å². The number of nitrogens with one attached hydrogen (secondary N) is 1. The number of hydrogen-bond acceptors (Lipinski definition) is 3. The molecule has 0 aliphatic rings. The minimum atomic E-state index is -0.142. The Bertz CT molecular complexity index is 792. The maximum absolute atomic E-state index is 12.4. The van der Waals surface area contributed by atoms with Gasteiger partial charge in [0.25, 0.3) is 5.91 Å². The van der Waals surface area contributed by atoms with Gasteiger partial charge < -0.3 is 10.2 Å².